The number of rotatable bonds is 4. The molecule has 2 N–H and O–H groups in total. The molecule has 1 heterocycles. The van der Waals surface area contributed by atoms with E-state index in [1.165, 1.54) is 0 Å². The summed E-state index contributed by atoms with van der Waals surface area (Å²) in [5, 5.41) is 0. The monoisotopic (exact) mass is 227 g/mol. The van der Waals surface area contributed by atoms with E-state index in [0.717, 1.165) is 44.8 Å². The minimum atomic E-state index is -0.301. The second kappa shape index (κ2) is 6.21. The van der Waals surface area contributed by atoms with Crippen molar-refractivity contribution in [2.45, 2.75) is 32.2 Å². The van der Waals surface area contributed by atoms with E-state index in [4.69, 9.17) is 5.73 Å². The molecule has 94 valence electrons. The molecule has 1 aliphatic rings. The smallest absolute Gasteiger partial charge is 0.239 e. The minimum Gasteiger partial charge on any atom is -0.341 e. The number of carbonyl (C=O) groups is 1. The van der Waals surface area contributed by atoms with Crippen molar-refractivity contribution in [2.24, 2.45) is 11.7 Å². The van der Waals surface area contributed by atoms with Gasteiger partial charge in [-0.1, -0.05) is 6.92 Å². The van der Waals surface area contributed by atoms with Crippen LogP contribution in [0.2, 0.25) is 0 Å². The summed E-state index contributed by atoms with van der Waals surface area (Å²) in [7, 11) is 4.20. The lowest BCUT2D eigenvalue weighted by molar-refractivity contribution is -0.134. The number of hydrogen-bond acceptors (Lipinski definition) is 3. The molecule has 0 unspecified atom stereocenters. The third-order valence-corrected chi connectivity index (χ3v) is 3.31. The molecule has 1 amide bonds. The zero-order valence-electron chi connectivity index (χ0n) is 10.8. The van der Waals surface area contributed by atoms with Crippen molar-refractivity contribution >= 4 is 5.91 Å². The molecule has 0 spiro atoms. The van der Waals surface area contributed by atoms with Crippen LogP contribution in [0.3, 0.4) is 0 Å². The van der Waals surface area contributed by atoms with E-state index in [1.807, 2.05) is 11.8 Å². The molecule has 1 saturated heterocycles. The molecule has 4 nitrogen and oxygen atoms in total. The van der Waals surface area contributed by atoms with Gasteiger partial charge in [-0.15, -0.1) is 0 Å². The van der Waals surface area contributed by atoms with Crippen molar-refractivity contribution in [1.29, 1.82) is 0 Å². The van der Waals surface area contributed by atoms with E-state index in [9.17, 15) is 4.79 Å². The Kier molecular flexibility index (Phi) is 5.22. The highest BCUT2D eigenvalue weighted by molar-refractivity contribution is 5.81. The van der Waals surface area contributed by atoms with Gasteiger partial charge in [0, 0.05) is 19.6 Å². The summed E-state index contributed by atoms with van der Waals surface area (Å²) < 4.78 is 0. The van der Waals surface area contributed by atoms with Crippen LogP contribution in [-0.2, 0) is 4.79 Å². The van der Waals surface area contributed by atoms with Gasteiger partial charge >= 0.3 is 0 Å². The van der Waals surface area contributed by atoms with Crippen LogP contribution in [0.25, 0.3) is 0 Å². The van der Waals surface area contributed by atoms with E-state index >= 15 is 0 Å². The van der Waals surface area contributed by atoms with Crippen molar-refractivity contribution in [2.75, 3.05) is 33.7 Å². The number of nitrogens with two attached hydrogens (primary N) is 1. The van der Waals surface area contributed by atoms with Gasteiger partial charge < -0.3 is 15.5 Å². The Hall–Kier alpha value is -0.610. The van der Waals surface area contributed by atoms with Crippen molar-refractivity contribution < 1.29 is 4.79 Å². The van der Waals surface area contributed by atoms with E-state index in [2.05, 4.69) is 19.0 Å². The third kappa shape index (κ3) is 3.76. The van der Waals surface area contributed by atoms with Crippen LogP contribution in [0.4, 0.5) is 0 Å². The van der Waals surface area contributed by atoms with Gasteiger partial charge in [0.2, 0.25) is 5.91 Å². The van der Waals surface area contributed by atoms with Crippen molar-refractivity contribution in [3.8, 4) is 0 Å². The summed E-state index contributed by atoms with van der Waals surface area (Å²) in [5.74, 6) is 0.864. The van der Waals surface area contributed by atoms with Gasteiger partial charge in [-0.05, 0) is 39.3 Å². The van der Waals surface area contributed by atoms with Crippen LogP contribution in [-0.4, -0.2) is 55.5 Å². The van der Waals surface area contributed by atoms with Gasteiger partial charge in [0.05, 0.1) is 6.04 Å². The van der Waals surface area contributed by atoms with Crippen molar-refractivity contribution in [3.63, 3.8) is 0 Å². The standard InChI is InChI=1S/C12H25N3O/c1-4-11(13)12(16)15-7-5-10(6-8-15)9-14(2)3/h10-11H,4-9,13H2,1-3H3/t11-/m1/s1. The predicted octanol–water partition coefficient (Wildman–Crippen LogP) is 0.524. The molecule has 4 heteroatoms. The van der Waals surface area contributed by atoms with Gasteiger partial charge in [0.25, 0.3) is 0 Å². The van der Waals surface area contributed by atoms with E-state index in [1.54, 1.807) is 0 Å². The first-order valence-electron chi connectivity index (χ1n) is 6.23. The van der Waals surface area contributed by atoms with Crippen LogP contribution in [0.5, 0.6) is 0 Å². The summed E-state index contributed by atoms with van der Waals surface area (Å²) >= 11 is 0. The summed E-state index contributed by atoms with van der Waals surface area (Å²) in [6.45, 7) is 4.85. The second-order valence-electron chi connectivity index (χ2n) is 5.05. The summed E-state index contributed by atoms with van der Waals surface area (Å²) in [5.41, 5.74) is 5.76. The number of piperidine rings is 1. The summed E-state index contributed by atoms with van der Waals surface area (Å²) in [4.78, 5) is 16.0. The zero-order chi connectivity index (χ0) is 12.1. The largest absolute Gasteiger partial charge is 0.341 e. The van der Waals surface area contributed by atoms with Crippen LogP contribution >= 0.6 is 0 Å². The Bertz CT molecular complexity index is 222. The predicted molar refractivity (Wildman–Crippen MR) is 66.1 cm³/mol. The Morgan fingerprint density at radius 3 is 2.44 bits per heavy atom. The molecule has 1 aliphatic heterocycles. The molecule has 0 aromatic carbocycles. The van der Waals surface area contributed by atoms with Crippen LogP contribution < -0.4 is 5.73 Å². The first-order valence-corrected chi connectivity index (χ1v) is 6.23. The molecule has 0 aliphatic carbocycles. The van der Waals surface area contributed by atoms with Gasteiger partial charge in [0.15, 0.2) is 0 Å². The minimum absolute atomic E-state index is 0.130. The molecule has 0 saturated carbocycles. The zero-order valence-corrected chi connectivity index (χ0v) is 10.8. The molecule has 0 bridgehead atoms. The first-order chi connectivity index (χ1) is 7.54. The van der Waals surface area contributed by atoms with Gasteiger partial charge in [-0.2, -0.15) is 0 Å². The normalized spacial score (nSPS) is 20.2. The van der Waals surface area contributed by atoms with Crippen LogP contribution in [0.15, 0.2) is 0 Å². The first kappa shape index (κ1) is 13.5. The summed E-state index contributed by atoms with van der Waals surface area (Å²) in [6.07, 6.45) is 2.96. The quantitative estimate of drug-likeness (QED) is 0.762. The maximum absolute atomic E-state index is 11.8. The van der Waals surface area contributed by atoms with Crippen molar-refractivity contribution in [1.82, 2.24) is 9.80 Å². The third-order valence-electron chi connectivity index (χ3n) is 3.31. The number of nitrogens with zero attached hydrogens (tertiary/aromatic N) is 2. The lowest BCUT2D eigenvalue weighted by atomic mass is 9.96. The lowest BCUT2D eigenvalue weighted by Gasteiger charge is -2.34. The number of likely N-dealkylation sites (tertiary alicyclic amines) is 1. The molecule has 0 radical (unpaired) electrons. The maximum Gasteiger partial charge on any atom is 0.239 e. The molecule has 1 fully saturated rings. The Morgan fingerprint density at radius 2 is 2.00 bits per heavy atom. The molecule has 1 atom stereocenters. The molecule has 0 aromatic rings. The highest BCUT2D eigenvalue weighted by Crippen LogP contribution is 2.18. The Labute approximate surface area is 98.8 Å². The molecule has 16 heavy (non-hydrogen) atoms. The highest BCUT2D eigenvalue weighted by Gasteiger charge is 2.25. The topological polar surface area (TPSA) is 49.6 Å². The fourth-order valence-electron chi connectivity index (χ4n) is 2.26. The van der Waals surface area contributed by atoms with E-state index < -0.39 is 0 Å². The maximum atomic E-state index is 11.8. The van der Waals surface area contributed by atoms with Crippen molar-refractivity contribution in [3.05, 3.63) is 0 Å². The van der Waals surface area contributed by atoms with Crippen LogP contribution in [0.1, 0.15) is 26.2 Å². The molecule has 1 rings (SSSR count). The van der Waals surface area contributed by atoms with Gasteiger partial charge in [0.1, 0.15) is 0 Å². The van der Waals surface area contributed by atoms with Gasteiger partial charge in [-0.25, -0.2) is 0 Å². The number of hydrogen-bond donors (Lipinski definition) is 1. The van der Waals surface area contributed by atoms with Crippen LogP contribution in [0, 0.1) is 5.92 Å². The second-order valence-corrected chi connectivity index (χ2v) is 5.05. The molecular formula is C12H25N3O. The van der Waals surface area contributed by atoms with E-state index in [-0.39, 0.29) is 11.9 Å². The fourth-order valence-corrected chi connectivity index (χ4v) is 2.26. The molecular weight excluding hydrogens is 202 g/mol. The fraction of sp³-hybridized carbons (Fsp3) is 0.917. The average Bonchev–Trinajstić information content (AvgIpc) is 2.27. The Balaban J connectivity index is 2.34. The summed E-state index contributed by atoms with van der Waals surface area (Å²) in [6, 6.07) is -0.301. The highest BCUT2D eigenvalue weighted by atomic mass is 16.2. The average molecular weight is 227 g/mol. The Morgan fingerprint density at radius 1 is 1.44 bits per heavy atom. The number of amides is 1. The van der Waals surface area contributed by atoms with Gasteiger partial charge in [-0.3, -0.25) is 4.79 Å². The SMILES string of the molecule is CC[C@@H](N)C(=O)N1CCC(CN(C)C)CC1. The molecule has 0 aromatic heterocycles. The lowest BCUT2D eigenvalue weighted by Crippen LogP contribution is -2.47. The number of carbonyl (C=O) groups excluding carboxylic acids is 1. The van der Waals surface area contributed by atoms with E-state index in [0.29, 0.717) is 0 Å².